The topological polar surface area (TPSA) is 104 Å². The maximum atomic E-state index is 12.8. The van der Waals surface area contributed by atoms with E-state index in [1.807, 2.05) is 20.8 Å². The average molecular weight is 418 g/mol. The Hall–Kier alpha value is -1.49. The number of hydrogen-bond acceptors (Lipinski definition) is 6. The van der Waals surface area contributed by atoms with Crippen molar-refractivity contribution >= 4 is 31.6 Å². The summed E-state index contributed by atoms with van der Waals surface area (Å²) in [4.78, 5) is 14.1. The minimum Gasteiger partial charge on any atom is -0.300 e. The van der Waals surface area contributed by atoms with Gasteiger partial charge in [-0.1, -0.05) is 19.9 Å². The molecule has 0 radical (unpaired) electrons. The lowest BCUT2D eigenvalue weighted by Crippen LogP contribution is -2.42. The van der Waals surface area contributed by atoms with E-state index in [0.717, 1.165) is 13.1 Å². The number of benzene rings is 1. The number of likely N-dealkylation sites (N-methyl/N-ethyl adjacent to an activating group) is 1. The Morgan fingerprint density at radius 1 is 1.26 bits per heavy atom. The minimum atomic E-state index is -3.85. The van der Waals surface area contributed by atoms with Gasteiger partial charge in [0.1, 0.15) is 0 Å². The fraction of sp³-hybridized carbons (Fsp3) is 0.588. The largest absolute Gasteiger partial charge is 0.300 e. The molecule has 8 nitrogen and oxygen atoms in total. The van der Waals surface area contributed by atoms with Crippen molar-refractivity contribution in [2.24, 2.45) is 0 Å². The van der Waals surface area contributed by atoms with Crippen LogP contribution in [0.25, 0.3) is 0 Å². The molecule has 1 N–H and O–H groups in total. The van der Waals surface area contributed by atoms with E-state index in [9.17, 15) is 21.6 Å². The van der Waals surface area contributed by atoms with Crippen LogP contribution in [0.1, 0.15) is 32.8 Å². The Morgan fingerprint density at radius 3 is 2.41 bits per heavy atom. The third kappa shape index (κ3) is 4.68. The SMILES string of the molecule is CCN(CC)[C@H](C)CNS(=O)(=O)c1cc(N2C(=O)CCS2(=O)=O)ccc1C. The second-order valence-corrected chi connectivity index (χ2v) is 10.3. The van der Waals surface area contributed by atoms with E-state index in [1.54, 1.807) is 6.92 Å². The maximum Gasteiger partial charge on any atom is 0.242 e. The molecule has 0 spiro atoms. The van der Waals surface area contributed by atoms with Crippen molar-refractivity contribution in [3.05, 3.63) is 23.8 Å². The normalized spacial score (nSPS) is 18.3. The van der Waals surface area contributed by atoms with Crippen molar-refractivity contribution in [3.8, 4) is 0 Å². The number of carbonyl (C=O) groups is 1. The number of sulfonamides is 2. The first-order valence-corrected chi connectivity index (χ1v) is 12.0. The van der Waals surface area contributed by atoms with Gasteiger partial charge in [-0.05, 0) is 44.6 Å². The van der Waals surface area contributed by atoms with Crippen LogP contribution in [0.2, 0.25) is 0 Å². The molecule has 1 atom stereocenters. The van der Waals surface area contributed by atoms with Gasteiger partial charge in [-0.25, -0.2) is 25.9 Å². The van der Waals surface area contributed by atoms with Crippen molar-refractivity contribution in [1.29, 1.82) is 0 Å². The Morgan fingerprint density at radius 2 is 1.89 bits per heavy atom. The third-order valence-corrected chi connectivity index (χ3v) is 8.04. The lowest BCUT2D eigenvalue weighted by atomic mass is 10.2. The molecule has 1 aliphatic heterocycles. The molecule has 1 aromatic carbocycles. The summed E-state index contributed by atoms with van der Waals surface area (Å²) in [6, 6.07) is 4.23. The van der Waals surface area contributed by atoms with E-state index in [0.29, 0.717) is 9.87 Å². The fourth-order valence-electron chi connectivity index (χ4n) is 3.16. The van der Waals surface area contributed by atoms with Gasteiger partial charge in [-0.15, -0.1) is 0 Å². The standard InChI is InChI=1S/C17H27N3O5S2/c1-5-19(6-2)14(4)12-18-27(24,25)16-11-15(8-7-13(16)3)20-17(21)9-10-26(20,22)23/h7-8,11,14,18H,5-6,9-10,12H2,1-4H3/t14-/m1/s1. The van der Waals surface area contributed by atoms with E-state index in [2.05, 4.69) is 9.62 Å². The molecule has 1 aliphatic rings. The van der Waals surface area contributed by atoms with Crippen LogP contribution >= 0.6 is 0 Å². The molecular formula is C17H27N3O5S2. The number of carbonyl (C=O) groups excluding carboxylic acids is 1. The summed E-state index contributed by atoms with van der Waals surface area (Å²) in [6.07, 6.45) is -0.0993. The van der Waals surface area contributed by atoms with Gasteiger partial charge >= 0.3 is 0 Å². The summed E-state index contributed by atoms with van der Waals surface area (Å²) in [5.41, 5.74) is 0.533. The molecule has 152 valence electrons. The Kier molecular flexibility index (Phi) is 6.67. The molecule has 0 saturated carbocycles. The van der Waals surface area contributed by atoms with Gasteiger partial charge in [-0.3, -0.25) is 9.69 Å². The van der Waals surface area contributed by atoms with Crippen molar-refractivity contribution < 1.29 is 21.6 Å². The van der Waals surface area contributed by atoms with Crippen LogP contribution in [0.3, 0.4) is 0 Å². The highest BCUT2D eigenvalue weighted by atomic mass is 32.2. The molecule has 2 rings (SSSR count). The van der Waals surface area contributed by atoms with Crippen LogP contribution < -0.4 is 9.03 Å². The number of amides is 1. The zero-order valence-electron chi connectivity index (χ0n) is 16.1. The zero-order chi connectivity index (χ0) is 20.4. The van der Waals surface area contributed by atoms with Crippen LogP contribution in [-0.2, 0) is 24.8 Å². The van der Waals surface area contributed by atoms with Crippen molar-refractivity contribution in [3.63, 3.8) is 0 Å². The van der Waals surface area contributed by atoms with Gasteiger partial charge in [0.25, 0.3) is 0 Å². The summed E-state index contributed by atoms with van der Waals surface area (Å²) in [6.45, 7) is 9.44. The summed E-state index contributed by atoms with van der Waals surface area (Å²) in [5.74, 6) is -0.813. The number of nitrogens with one attached hydrogen (secondary N) is 1. The number of rotatable bonds is 8. The van der Waals surface area contributed by atoms with Crippen LogP contribution in [-0.4, -0.2) is 59.1 Å². The first-order valence-electron chi connectivity index (χ1n) is 8.93. The maximum absolute atomic E-state index is 12.8. The fourth-order valence-corrected chi connectivity index (χ4v) is 5.99. The first-order chi connectivity index (χ1) is 12.5. The molecule has 1 amide bonds. The molecule has 0 bridgehead atoms. The van der Waals surface area contributed by atoms with E-state index in [1.165, 1.54) is 18.2 Å². The first kappa shape index (κ1) is 21.8. The molecule has 10 heteroatoms. The second-order valence-electron chi connectivity index (χ2n) is 6.60. The molecule has 27 heavy (non-hydrogen) atoms. The highest BCUT2D eigenvalue weighted by Gasteiger charge is 2.37. The second kappa shape index (κ2) is 8.26. The number of nitrogens with zero attached hydrogens (tertiary/aromatic N) is 2. The van der Waals surface area contributed by atoms with E-state index in [4.69, 9.17) is 0 Å². The predicted molar refractivity (Wildman–Crippen MR) is 105 cm³/mol. The van der Waals surface area contributed by atoms with Crippen LogP contribution in [0, 0.1) is 6.92 Å². The van der Waals surface area contributed by atoms with Gasteiger partial charge < -0.3 is 0 Å². The molecule has 1 heterocycles. The number of anilines is 1. The molecule has 1 aromatic rings. The van der Waals surface area contributed by atoms with Gasteiger partial charge in [0.2, 0.25) is 26.0 Å². The van der Waals surface area contributed by atoms with Gasteiger partial charge in [0.15, 0.2) is 0 Å². The molecule has 0 aliphatic carbocycles. The summed E-state index contributed by atoms with van der Waals surface area (Å²) in [5, 5.41) is 0. The molecule has 1 fully saturated rings. The summed E-state index contributed by atoms with van der Waals surface area (Å²) < 4.78 is 53.1. The van der Waals surface area contributed by atoms with Crippen molar-refractivity contribution in [1.82, 2.24) is 9.62 Å². The van der Waals surface area contributed by atoms with Crippen LogP contribution in [0.15, 0.2) is 23.1 Å². The van der Waals surface area contributed by atoms with E-state index in [-0.39, 0.29) is 35.3 Å². The number of hydrogen-bond donors (Lipinski definition) is 1. The van der Waals surface area contributed by atoms with Gasteiger partial charge in [0.05, 0.1) is 16.3 Å². The summed E-state index contributed by atoms with van der Waals surface area (Å²) >= 11 is 0. The molecular weight excluding hydrogens is 390 g/mol. The molecule has 0 unspecified atom stereocenters. The quantitative estimate of drug-likeness (QED) is 0.679. The Balaban J connectivity index is 2.31. The van der Waals surface area contributed by atoms with Crippen molar-refractivity contribution in [2.75, 3.05) is 29.7 Å². The highest BCUT2D eigenvalue weighted by Crippen LogP contribution is 2.29. The summed E-state index contributed by atoms with van der Waals surface area (Å²) in [7, 11) is -7.60. The Bertz CT molecular complexity index is 908. The Labute approximate surface area is 161 Å². The lowest BCUT2D eigenvalue weighted by Gasteiger charge is -2.26. The van der Waals surface area contributed by atoms with Crippen LogP contribution in [0.4, 0.5) is 5.69 Å². The van der Waals surface area contributed by atoms with Crippen LogP contribution in [0.5, 0.6) is 0 Å². The average Bonchev–Trinajstić information content (AvgIpc) is 2.88. The van der Waals surface area contributed by atoms with E-state index >= 15 is 0 Å². The van der Waals surface area contributed by atoms with Gasteiger partial charge in [0, 0.05) is 19.0 Å². The highest BCUT2D eigenvalue weighted by molar-refractivity contribution is 7.94. The number of aryl methyl sites for hydroxylation is 1. The van der Waals surface area contributed by atoms with Crippen molar-refractivity contribution in [2.45, 2.75) is 45.1 Å². The smallest absolute Gasteiger partial charge is 0.242 e. The third-order valence-electron chi connectivity index (χ3n) is 4.78. The monoisotopic (exact) mass is 417 g/mol. The predicted octanol–water partition coefficient (Wildman–Crippen LogP) is 1.07. The van der Waals surface area contributed by atoms with E-state index < -0.39 is 26.0 Å². The minimum absolute atomic E-state index is 0.0128. The molecule has 0 aromatic heterocycles. The molecule has 1 saturated heterocycles. The zero-order valence-corrected chi connectivity index (χ0v) is 17.7. The van der Waals surface area contributed by atoms with Gasteiger partial charge in [-0.2, -0.15) is 0 Å². The lowest BCUT2D eigenvalue weighted by molar-refractivity contribution is -0.116.